The zero-order valence-corrected chi connectivity index (χ0v) is 15.0. The molecule has 128 valence electrons. The van der Waals surface area contributed by atoms with Crippen molar-refractivity contribution in [1.29, 1.82) is 0 Å². The molecule has 0 bridgehead atoms. The standard InChI is InChI=1S/C15H17N3O4S2/c1-9(19)13-4-3-10(23-13)7-18-6-5-12-11(8-18)14(20)17-15(16-12)24(2,21)22/h3-4H,5-8H2,1-2H3,(H,16,17,20). The lowest BCUT2D eigenvalue weighted by Crippen LogP contribution is -2.35. The molecule has 0 spiro atoms. The maximum absolute atomic E-state index is 12.2. The number of nitrogens with zero attached hydrogens (tertiary/aromatic N) is 2. The van der Waals surface area contributed by atoms with Gasteiger partial charge in [0.1, 0.15) is 0 Å². The average Bonchev–Trinajstić information content (AvgIpc) is 2.95. The van der Waals surface area contributed by atoms with E-state index in [0.29, 0.717) is 37.3 Å². The third kappa shape index (κ3) is 3.47. The van der Waals surface area contributed by atoms with E-state index in [1.165, 1.54) is 18.3 Å². The Hall–Kier alpha value is -1.84. The molecule has 0 radical (unpaired) electrons. The predicted molar refractivity (Wildman–Crippen MR) is 90.1 cm³/mol. The van der Waals surface area contributed by atoms with Crippen molar-refractivity contribution < 1.29 is 13.2 Å². The molecule has 0 fully saturated rings. The van der Waals surface area contributed by atoms with Crippen molar-refractivity contribution >= 4 is 27.0 Å². The molecule has 1 aliphatic rings. The van der Waals surface area contributed by atoms with E-state index in [9.17, 15) is 18.0 Å². The van der Waals surface area contributed by atoms with Gasteiger partial charge in [-0.2, -0.15) is 0 Å². The van der Waals surface area contributed by atoms with Gasteiger partial charge in [-0.3, -0.25) is 19.5 Å². The molecule has 3 rings (SSSR count). The van der Waals surface area contributed by atoms with Crippen LogP contribution in [-0.4, -0.2) is 41.9 Å². The zero-order valence-electron chi connectivity index (χ0n) is 13.3. The minimum absolute atomic E-state index is 0.0455. The molecule has 0 saturated carbocycles. The van der Waals surface area contributed by atoms with Gasteiger partial charge in [0.15, 0.2) is 5.78 Å². The molecule has 0 unspecified atom stereocenters. The lowest BCUT2D eigenvalue weighted by Gasteiger charge is -2.27. The lowest BCUT2D eigenvalue weighted by atomic mass is 10.1. The Morgan fingerprint density at radius 3 is 2.79 bits per heavy atom. The number of aromatic amines is 1. The predicted octanol–water partition coefficient (Wildman–Crippen LogP) is 0.996. The van der Waals surface area contributed by atoms with Gasteiger partial charge in [-0.25, -0.2) is 13.4 Å². The number of fused-ring (bicyclic) bond motifs is 1. The van der Waals surface area contributed by atoms with Crippen molar-refractivity contribution in [3.05, 3.63) is 43.5 Å². The third-order valence-corrected chi connectivity index (χ3v) is 5.93. The first-order chi connectivity index (χ1) is 11.2. The van der Waals surface area contributed by atoms with Crippen LogP contribution in [0, 0.1) is 0 Å². The van der Waals surface area contributed by atoms with Gasteiger partial charge in [0, 0.05) is 37.2 Å². The minimum atomic E-state index is -3.54. The van der Waals surface area contributed by atoms with E-state index < -0.39 is 15.4 Å². The fourth-order valence-corrected chi connectivity index (χ4v) is 4.14. The Kier molecular flexibility index (Phi) is 4.41. The maximum atomic E-state index is 12.2. The summed E-state index contributed by atoms with van der Waals surface area (Å²) in [5.41, 5.74) is 0.656. The van der Waals surface area contributed by atoms with Gasteiger partial charge in [-0.1, -0.05) is 0 Å². The Balaban J connectivity index is 1.81. The topological polar surface area (TPSA) is 100 Å². The molecule has 0 aromatic carbocycles. The summed E-state index contributed by atoms with van der Waals surface area (Å²) in [6, 6.07) is 3.74. The summed E-state index contributed by atoms with van der Waals surface area (Å²) >= 11 is 1.45. The summed E-state index contributed by atoms with van der Waals surface area (Å²) < 4.78 is 23.1. The van der Waals surface area contributed by atoms with Crippen LogP contribution in [0.2, 0.25) is 0 Å². The third-order valence-electron chi connectivity index (χ3n) is 3.87. The molecule has 0 atom stereocenters. The summed E-state index contributed by atoms with van der Waals surface area (Å²) in [7, 11) is -3.54. The normalized spacial score (nSPS) is 15.2. The number of carbonyl (C=O) groups excluding carboxylic acids is 1. The second-order valence-electron chi connectivity index (χ2n) is 5.85. The van der Waals surface area contributed by atoms with Crippen molar-refractivity contribution in [2.45, 2.75) is 31.6 Å². The first-order valence-corrected chi connectivity index (χ1v) is 10.1. The van der Waals surface area contributed by atoms with E-state index in [1.54, 1.807) is 0 Å². The molecule has 24 heavy (non-hydrogen) atoms. The van der Waals surface area contributed by atoms with E-state index in [1.807, 2.05) is 12.1 Å². The van der Waals surface area contributed by atoms with Crippen molar-refractivity contribution in [3.8, 4) is 0 Å². The van der Waals surface area contributed by atoms with Crippen molar-refractivity contribution in [1.82, 2.24) is 14.9 Å². The molecule has 0 aliphatic carbocycles. The van der Waals surface area contributed by atoms with E-state index >= 15 is 0 Å². The second kappa shape index (κ2) is 6.23. The number of carbonyl (C=O) groups is 1. The van der Waals surface area contributed by atoms with Crippen LogP contribution in [0.4, 0.5) is 0 Å². The number of hydrogen-bond donors (Lipinski definition) is 1. The van der Waals surface area contributed by atoms with Crippen LogP contribution in [0.1, 0.15) is 32.7 Å². The summed E-state index contributed by atoms with van der Waals surface area (Å²) in [6.45, 7) is 3.27. The van der Waals surface area contributed by atoms with E-state index in [4.69, 9.17) is 0 Å². The molecule has 1 aliphatic heterocycles. The average molecular weight is 367 g/mol. The number of rotatable bonds is 4. The van der Waals surface area contributed by atoms with Gasteiger partial charge in [0.2, 0.25) is 15.0 Å². The van der Waals surface area contributed by atoms with Gasteiger partial charge in [-0.05, 0) is 19.1 Å². The number of ketones is 1. The van der Waals surface area contributed by atoms with Crippen LogP contribution in [0.25, 0.3) is 0 Å². The van der Waals surface area contributed by atoms with Gasteiger partial charge >= 0.3 is 0 Å². The monoisotopic (exact) mass is 367 g/mol. The number of sulfone groups is 1. The molecule has 7 nitrogen and oxygen atoms in total. The number of nitrogens with one attached hydrogen (secondary N) is 1. The Bertz CT molecular complexity index is 959. The van der Waals surface area contributed by atoms with Crippen LogP contribution in [0.3, 0.4) is 0 Å². The number of aromatic nitrogens is 2. The highest BCUT2D eigenvalue weighted by atomic mass is 32.2. The van der Waals surface area contributed by atoms with E-state index in [2.05, 4.69) is 14.9 Å². The van der Waals surface area contributed by atoms with E-state index in [-0.39, 0.29) is 10.9 Å². The highest BCUT2D eigenvalue weighted by molar-refractivity contribution is 7.90. The van der Waals surface area contributed by atoms with Crippen LogP contribution in [0.5, 0.6) is 0 Å². The summed E-state index contributed by atoms with van der Waals surface area (Å²) in [4.78, 5) is 33.9. The quantitative estimate of drug-likeness (QED) is 0.639. The Labute approximate surface area is 143 Å². The fourth-order valence-electron chi connectivity index (χ4n) is 2.64. The molecule has 9 heteroatoms. The summed E-state index contributed by atoms with van der Waals surface area (Å²) in [5.74, 6) is 0.0455. The van der Waals surface area contributed by atoms with Gasteiger partial charge in [-0.15, -0.1) is 11.3 Å². The molecule has 3 heterocycles. The number of Topliss-reactive ketones (excluding diaryl/α,β-unsaturated/α-hetero) is 1. The highest BCUT2D eigenvalue weighted by Crippen LogP contribution is 2.22. The highest BCUT2D eigenvalue weighted by Gasteiger charge is 2.23. The molecular weight excluding hydrogens is 350 g/mol. The number of thiophene rings is 1. The second-order valence-corrected chi connectivity index (χ2v) is 8.95. The number of H-pyrrole nitrogens is 1. The first-order valence-electron chi connectivity index (χ1n) is 7.38. The molecular formula is C15H17N3O4S2. The number of hydrogen-bond acceptors (Lipinski definition) is 7. The smallest absolute Gasteiger partial charge is 0.256 e. The van der Waals surface area contributed by atoms with Gasteiger partial charge in [0.25, 0.3) is 5.56 Å². The van der Waals surface area contributed by atoms with Crippen molar-refractivity contribution in [3.63, 3.8) is 0 Å². The summed E-state index contributed by atoms with van der Waals surface area (Å²) in [6.07, 6.45) is 1.54. The minimum Gasteiger partial charge on any atom is -0.297 e. The van der Waals surface area contributed by atoms with Gasteiger partial charge < -0.3 is 0 Å². The SMILES string of the molecule is CC(=O)c1ccc(CN2CCc3nc(S(C)(=O)=O)[nH]c(=O)c3C2)s1. The molecule has 2 aromatic heterocycles. The van der Waals surface area contributed by atoms with Crippen molar-refractivity contribution in [2.24, 2.45) is 0 Å². The fraction of sp³-hybridized carbons (Fsp3) is 0.400. The van der Waals surface area contributed by atoms with Gasteiger partial charge in [0.05, 0.1) is 16.1 Å². The van der Waals surface area contributed by atoms with Crippen molar-refractivity contribution in [2.75, 3.05) is 12.8 Å². The van der Waals surface area contributed by atoms with Crippen LogP contribution < -0.4 is 5.56 Å². The van der Waals surface area contributed by atoms with Crippen LogP contribution in [0.15, 0.2) is 22.1 Å². The van der Waals surface area contributed by atoms with E-state index in [0.717, 1.165) is 16.0 Å². The zero-order chi connectivity index (χ0) is 17.5. The molecule has 0 saturated heterocycles. The molecule has 2 aromatic rings. The molecule has 1 N–H and O–H groups in total. The Morgan fingerprint density at radius 1 is 1.42 bits per heavy atom. The Morgan fingerprint density at radius 2 is 2.17 bits per heavy atom. The lowest BCUT2D eigenvalue weighted by molar-refractivity contribution is 0.102. The molecule has 0 amide bonds. The summed E-state index contributed by atoms with van der Waals surface area (Å²) in [5, 5.41) is -0.274. The first kappa shape index (κ1) is 17.0. The maximum Gasteiger partial charge on any atom is 0.256 e. The van der Waals surface area contributed by atoms with Crippen LogP contribution in [-0.2, 0) is 29.3 Å². The van der Waals surface area contributed by atoms with Crippen LogP contribution >= 0.6 is 11.3 Å². The largest absolute Gasteiger partial charge is 0.297 e.